The molecule has 0 saturated carbocycles. The van der Waals surface area contributed by atoms with E-state index in [0.29, 0.717) is 29.9 Å². The number of furan rings is 1. The average Bonchev–Trinajstić information content (AvgIpc) is 3.02. The fourth-order valence-electron chi connectivity index (χ4n) is 2.76. The van der Waals surface area contributed by atoms with Gasteiger partial charge >= 0.3 is 0 Å². The second-order valence-electron chi connectivity index (χ2n) is 6.22. The Bertz CT molecular complexity index is 605. The van der Waals surface area contributed by atoms with Crippen molar-refractivity contribution in [2.24, 2.45) is 5.92 Å². The summed E-state index contributed by atoms with van der Waals surface area (Å²) in [5.41, 5.74) is 1.09. The quantitative estimate of drug-likeness (QED) is 0.705. The van der Waals surface area contributed by atoms with Crippen molar-refractivity contribution in [2.45, 2.75) is 39.7 Å². The normalized spacial score (nSPS) is 12.4. The molecule has 0 fully saturated rings. The Morgan fingerprint density at radius 2 is 1.91 bits per heavy atom. The Morgan fingerprint density at radius 3 is 2.43 bits per heavy atom. The molecule has 2 aromatic rings. The van der Waals surface area contributed by atoms with Gasteiger partial charge in [0.15, 0.2) is 0 Å². The fourth-order valence-corrected chi connectivity index (χ4v) is 2.89. The number of benzene rings is 1. The molecule has 0 aliphatic rings. The molecule has 4 heteroatoms. The van der Waals surface area contributed by atoms with E-state index in [1.807, 2.05) is 41.3 Å². The summed E-state index contributed by atoms with van der Waals surface area (Å²) in [6, 6.07) is 11.6. The Hall–Kier alpha value is -1.74. The molecule has 0 radical (unpaired) electrons. The summed E-state index contributed by atoms with van der Waals surface area (Å²) in [5.74, 6) is 1.86. The molecule has 0 N–H and O–H groups in total. The van der Waals surface area contributed by atoms with Crippen molar-refractivity contribution in [3.05, 3.63) is 59.0 Å². The molecular formula is C19H24ClNO2. The minimum atomic E-state index is 0.0851. The topological polar surface area (TPSA) is 33.5 Å². The maximum absolute atomic E-state index is 12.0. The molecule has 23 heavy (non-hydrogen) atoms. The van der Waals surface area contributed by atoms with Gasteiger partial charge in [-0.15, -0.1) is 0 Å². The van der Waals surface area contributed by atoms with Gasteiger partial charge in [0.25, 0.3) is 0 Å². The summed E-state index contributed by atoms with van der Waals surface area (Å²) >= 11 is 5.91. The van der Waals surface area contributed by atoms with Gasteiger partial charge in [-0.25, -0.2) is 0 Å². The molecule has 0 bridgehead atoms. The SMILES string of the molecule is CC(=O)N(CC[C@@H](c1ccco1)C(C)C)Cc1ccc(Cl)cc1. The van der Waals surface area contributed by atoms with E-state index in [1.54, 1.807) is 13.2 Å². The van der Waals surface area contributed by atoms with Gasteiger partial charge in [0.2, 0.25) is 5.91 Å². The Balaban J connectivity index is 2.01. The molecule has 0 unspecified atom stereocenters. The molecule has 1 atom stereocenters. The molecule has 3 nitrogen and oxygen atoms in total. The van der Waals surface area contributed by atoms with Crippen LogP contribution in [-0.4, -0.2) is 17.4 Å². The second-order valence-corrected chi connectivity index (χ2v) is 6.66. The van der Waals surface area contributed by atoms with E-state index in [9.17, 15) is 4.79 Å². The molecule has 0 saturated heterocycles. The maximum atomic E-state index is 12.0. The van der Waals surface area contributed by atoms with Gasteiger partial charge in [-0.2, -0.15) is 0 Å². The highest BCUT2D eigenvalue weighted by atomic mass is 35.5. The average molecular weight is 334 g/mol. The molecule has 0 aliphatic carbocycles. The van der Waals surface area contributed by atoms with Crippen molar-refractivity contribution in [1.82, 2.24) is 4.90 Å². The number of hydrogen-bond donors (Lipinski definition) is 0. The summed E-state index contributed by atoms with van der Waals surface area (Å²) in [7, 11) is 0. The highest BCUT2D eigenvalue weighted by Gasteiger charge is 2.20. The highest BCUT2D eigenvalue weighted by Crippen LogP contribution is 2.28. The lowest BCUT2D eigenvalue weighted by Crippen LogP contribution is -2.30. The lowest BCUT2D eigenvalue weighted by atomic mass is 9.90. The summed E-state index contributed by atoms with van der Waals surface area (Å²) < 4.78 is 5.56. The molecular weight excluding hydrogens is 310 g/mol. The van der Waals surface area contributed by atoms with Crippen LogP contribution in [0.25, 0.3) is 0 Å². The van der Waals surface area contributed by atoms with Crippen LogP contribution in [0.2, 0.25) is 5.02 Å². The zero-order chi connectivity index (χ0) is 16.8. The first-order valence-corrected chi connectivity index (χ1v) is 8.38. The minimum absolute atomic E-state index is 0.0851. The third-order valence-electron chi connectivity index (χ3n) is 4.16. The minimum Gasteiger partial charge on any atom is -0.469 e. The molecule has 0 spiro atoms. The smallest absolute Gasteiger partial charge is 0.219 e. The zero-order valence-electron chi connectivity index (χ0n) is 14.0. The van der Waals surface area contributed by atoms with Gasteiger partial charge < -0.3 is 9.32 Å². The molecule has 1 heterocycles. The number of halogens is 1. The van der Waals surface area contributed by atoms with Gasteiger partial charge in [-0.3, -0.25) is 4.79 Å². The van der Waals surface area contributed by atoms with Crippen molar-refractivity contribution >= 4 is 17.5 Å². The zero-order valence-corrected chi connectivity index (χ0v) is 14.7. The van der Waals surface area contributed by atoms with Crippen LogP contribution >= 0.6 is 11.6 Å². The molecule has 1 amide bonds. The van der Waals surface area contributed by atoms with Gasteiger partial charge in [-0.1, -0.05) is 37.6 Å². The third-order valence-corrected chi connectivity index (χ3v) is 4.41. The van der Waals surface area contributed by atoms with E-state index >= 15 is 0 Å². The Morgan fingerprint density at radius 1 is 1.22 bits per heavy atom. The van der Waals surface area contributed by atoms with E-state index in [1.165, 1.54) is 0 Å². The van der Waals surface area contributed by atoms with Crippen molar-refractivity contribution < 1.29 is 9.21 Å². The third kappa shape index (κ3) is 5.14. The largest absolute Gasteiger partial charge is 0.469 e. The van der Waals surface area contributed by atoms with Gasteiger partial charge in [-0.05, 0) is 42.2 Å². The number of carbonyl (C=O) groups excluding carboxylic acids is 1. The van der Waals surface area contributed by atoms with Crippen LogP contribution in [0.3, 0.4) is 0 Å². The van der Waals surface area contributed by atoms with E-state index in [0.717, 1.165) is 17.7 Å². The molecule has 1 aromatic heterocycles. The molecule has 1 aromatic carbocycles. The first-order chi connectivity index (χ1) is 11.0. The van der Waals surface area contributed by atoms with Crippen LogP contribution in [0.5, 0.6) is 0 Å². The van der Waals surface area contributed by atoms with Crippen LogP contribution in [0.15, 0.2) is 47.1 Å². The number of carbonyl (C=O) groups is 1. The fraction of sp³-hybridized carbons (Fsp3) is 0.421. The summed E-state index contributed by atoms with van der Waals surface area (Å²) in [6.07, 6.45) is 2.60. The van der Waals surface area contributed by atoms with Crippen molar-refractivity contribution in [3.63, 3.8) is 0 Å². The molecule has 0 aliphatic heterocycles. The lowest BCUT2D eigenvalue weighted by Gasteiger charge is -2.25. The van der Waals surface area contributed by atoms with Crippen LogP contribution in [0.4, 0.5) is 0 Å². The Labute approximate surface area is 143 Å². The lowest BCUT2D eigenvalue weighted by molar-refractivity contribution is -0.129. The molecule has 2 rings (SSSR count). The van der Waals surface area contributed by atoms with E-state index in [2.05, 4.69) is 13.8 Å². The van der Waals surface area contributed by atoms with E-state index in [-0.39, 0.29) is 5.91 Å². The van der Waals surface area contributed by atoms with Crippen LogP contribution in [-0.2, 0) is 11.3 Å². The number of hydrogen-bond acceptors (Lipinski definition) is 2. The number of nitrogens with zero attached hydrogens (tertiary/aromatic N) is 1. The van der Waals surface area contributed by atoms with Crippen LogP contribution < -0.4 is 0 Å². The second kappa shape index (κ2) is 8.21. The standard InChI is InChI=1S/C19H24ClNO2/c1-14(2)18(19-5-4-12-23-19)10-11-21(15(3)22)13-16-6-8-17(20)9-7-16/h4-9,12,14,18H,10-11,13H2,1-3H3/t18-/m1/s1. The predicted molar refractivity (Wildman–Crippen MR) is 93.4 cm³/mol. The summed E-state index contributed by atoms with van der Waals surface area (Å²) in [4.78, 5) is 13.8. The summed E-state index contributed by atoms with van der Waals surface area (Å²) in [6.45, 7) is 7.30. The predicted octanol–water partition coefficient (Wildman–Crippen LogP) is 5.11. The van der Waals surface area contributed by atoms with Crippen LogP contribution in [0, 0.1) is 5.92 Å². The van der Waals surface area contributed by atoms with Crippen molar-refractivity contribution in [1.29, 1.82) is 0 Å². The highest BCUT2D eigenvalue weighted by molar-refractivity contribution is 6.30. The van der Waals surface area contributed by atoms with Gasteiger partial charge in [0.05, 0.1) is 6.26 Å². The van der Waals surface area contributed by atoms with Crippen LogP contribution in [0.1, 0.15) is 44.4 Å². The maximum Gasteiger partial charge on any atom is 0.219 e. The monoisotopic (exact) mass is 333 g/mol. The number of amides is 1. The summed E-state index contributed by atoms with van der Waals surface area (Å²) in [5, 5.41) is 0.709. The Kier molecular flexibility index (Phi) is 6.28. The first kappa shape index (κ1) is 17.6. The van der Waals surface area contributed by atoms with E-state index < -0.39 is 0 Å². The van der Waals surface area contributed by atoms with Crippen molar-refractivity contribution in [2.75, 3.05) is 6.54 Å². The van der Waals surface area contributed by atoms with E-state index in [4.69, 9.17) is 16.0 Å². The van der Waals surface area contributed by atoms with Gasteiger partial charge in [0, 0.05) is 31.0 Å². The molecule has 124 valence electrons. The van der Waals surface area contributed by atoms with Crippen molar-refractivity contribution in [3.8, 4) is 0 Å². The first-order valence-electron chi connectivity index (χ1n) is 8.00. The van der Waals surface area contributed by atoms with Gasteiger partial charge in [0.1, 0.15) is 5.76 Å². The number of rotatable bonds is 7.